The summed E-state index contributed by atoms with van der Waals surface area (Å²) in [5, 5.41) is 8.20. The van der Waals surface area contributed by atoms with E-state index in [0.717, 1.165) is 17.7 Å². The summed E-state index contributed by atoms with van der Waals surface area (Å²) in [5.74, 6) is 0.595. The summed E-state index contributed by atoms with van der Waals surface area (Å²) < 4.78 is 54.4. The van der Waals surface area contributed by atoms with Crippen LogP contribution in [0.1, 0.15) is 23.8 Å². The molecule has 33 heavy (non-hydrogen) atoms. The number of hydrogen-bond acceptors (Lipinski definition) is 6. The summed E-state index contributed by atoms with van der Waals surface area (Å²) >= 11 is 0. The smallest absolute Gasteiger partial charge is 0.416 e. The third-order valence-electron chi connectivity index (χ3n) is 4.82. The first kappa shape index (κ1) is 22.6. The molecule has 1 fully saturated rings. The van der Waals surface area contributed by atoms with Gasteiger partial charge in [-0.2, -0.15) is 13.2 Å². The van der Waals surface area contributed by atoms with Crippen molar-refractivity contribution < 1.29 is 31.9 Å². The molecule has 1 aliphatic rings. The first-order chi connectivity index (χ1) is 15.7. The number of rotatable bonds is 6. The topological polar surface area (TPSA) is 97.7 Å². The summed E-state index contributed by atoms with van der Waals surface area (Å²) in [6, 6.07) is 9.01. The van der Waals surface area contributed by atoms with E-state index >= 15 is 0 Å². The van der Waals surface area contributed by atoms with Gasteiger partial charge in [-0.05, 0) is 55.8 Å². The summed E-state index contributed by atoms with van der Waals surface area (Å²) in [4.78, 5) is 16.4. The van der Waals surface area contributed by atoms with Gasteiger partial charge in [-0.25, -0.2) is 9.78 Å². The Morgan fingerprint density at radius 1 is 1.06 bits per heavy atom. The minimum Gasteiger partial charge on any atom is -0.428 e. The van der Waals surface area contributed by atoms with Crippen LogP contribution in [0.5, 0.6) is 0 Å². The van der Waals surface area contributed by atoms with Gasteiger partial charge in [0.1, 0.15) is 5.76 Å². The van der Waals surface area contributed by atoms with Gasteiger partial charge in [0.2, 0.25) is 0 Å². The second kappa shape index (κ2) is 9.12. The molecule has 174 valence electrons. The molecule has 0 unspecified atom stereocenters. The zero-order chi connectivity index (χ0) is 23.6. The molecule has 3 N–H and O–H groups in total. The van der Waals surface area contributed by atoms with Crippen LogP contribution >= 0.6 is 0 Å². The van der Waals surface area contributed by atoms with Crippen LogP contribution in [0.3, 0.4) is 0 Å². The predicted molar refractivity (Wildman–Crippen MR) is 114 cm³/mol. The summed E-state index contributed by atoms with van der Waals surface area (Å²) in [7, 11) is 0. The number of aryl methyl sites for hydroxylation is 1. The number of benzene rings is 2. The highest BCUT2D eigenvalue weighted by Crippen LogP contribution is 2.30. The third-order valence-corrected chi connectivity index (χ3v) is 4.82. The number of nitrogens with zero attached hydrogens (tertiary/aromatic N) is 1. The quantitative estimate of drug-likeness (QED) is 0.438. The molecule has 0 spiro atoms. The number of alkyl halides is 3. The average molecular weight is 462 g/mol. The lowest BCUT2D eigenvalue weighted by atomic mass is 10.2. The molecule has 0 atom stereocenters. The van der Waals surface area contributed by atoms with Crippen molar-refractivity contribution in [2.75, 3.05) is 16.0 Å². The van der Waals surface area contributed by atoms with Crippen molar-refractivity contribution in [2.45, 2.75) is 39.0 Å². The summed E-state index contributed by atoms with van der Waals surface area (Å²) in [6.45, 7) is 3.67. The number of aromatic nitrogens is 1. The Morgan fingerprint density at radius 3 is 2.39 bits per heavy atom. The predicted octanol–water partition coefficient (Wildman–Crippen LogP) is 5.65. The van der Waals surface area contributed by atoms with Crippen LogP contribution in [0.2, 0.25) is 0 Å². The fourth-order valence-corrected chi connectivity index (χ4v) is 3.14. The highest BCUT2D eigenvalue weighted by atomic mass is 19.4. The normalized spacial score (nSPS) is 17.8. The lowest BCUT2D eigenvalue weighted by molar-refractivity contribution is -0.375. The average Bonchev–Trinajstić information content (AvgIpc) is 3.16. The number of ether oxygens (including phenoxy) is 2. The number of anilines is 4. The molecule has 1 aliphatic heterocycles. The first-order valence-electron chi connectivity index (χ1n) is 10.0. The lowest BCUT2D eigenvalue weighted by Gasteiger charge is -2.32. The second-order valence-electron chi connectivity index (χ2n) is 7.41. The molecular formula is C22H21F3N4O4. The SMILES string of the molecule is Cc1ccc(NC(=O)Nc2ccc(C(F)(F)F)cc2)cc1Nc1ncc(CC2OC(C)O2)o1. The van der Waals surface area contributed by atoms with E-state index in [1.165, 1.54) is 12.1 Å². The van der Waals surface area contributed by atoms with Gasteiger partial charge in [0.25, 0.3) is 6.01 Å². The van der Waals surface area contributed by atoms with E-state index in [9.17, 15) is 18.0 Å². The number of carbonyl (C=O) groups excluding carboxylic acids is 1. The number of hydrogen-bond donors (Lipinski definition) is 3. The zero-order valence-corrected chi connectivity index (χ0v) is 17.7. The Labute approximate surface area is 187 Å². The maximum Gasteiger partial charge on any atom is 0.416 e. The third kappa shape index (κ3) is 5.82. The molecule has 0 radical (unpaired) electrons. The minimum absolute atomic E-state index is 0.218. The number of urea groups is 1. The molecule has 1 saturated heterocycles. The van der Waals surface area contributed by atoms with Crippen LogP contribution < -0.4 is 16.0 Å². The van der Waals surface area contributed by atoms with E-state index in [0.29, 0.717) is 23.6 Å². The molecule has 0 bridgehead atoms. The second-order valence-corrected chi connectivity index (χ2v) is 7.41. The Hall–Kier alpha value is -3.57. The van der Waals surface area contributed by atoms with Crippen LogP contribution in [0.15, 0.2) is 53.1 Å². The fourth-order valence-electron chi connectivity index (χ4n) is 3.14. The van der Waals surface area contributed by atoms with Gasteiger partial charge in [0, 0.05) is 17.1 Å². The maximum absolute atomic E-state index is 12.7. The molecule has 1 aromatic heterocycles. The highest BCUT2D eigenvalue weighted by molar-refractivity contribution is 6.00. The van der Waals surface area contributed by atoms with Crippen LogP contribution in [0.4, 0.5) is 41.0 Å². The molecule has 11 heteroatoms. The fraction of sp³-hybridized carbons (Fsp3) is 0.273. The van der Waals surface area contributed by atoms with Crippen molar-refractivity contribution in [1.82, 2.24) is 4.98 Å². The van der Waals surface area contributed by atoms with Gasteiger partial charge >= 0.3 is 12.2 Å². The van der Waals surface area contributed by atoms with Gasteiger partial charge in [0.15, 0.2) is 12.6 Å². The monoisotopic (exact) mass is 462 g/mol. The van der Waals surface area contributed by atoms with E-state index in [1.807, 2.05) is 6.92 Å². The highest BCUT2D eigenvalue weighted by Gasteiger charge is 2.30. The van der Waals surface area contributed by atoms with E-state index in [4.69, 9.17) is 13.9 Å². The molecular weight excluding hydrogens is 441 g/mol. The largest absolute Gasteiger partial charge is 0.428 e. The van der Waals surface area contributed by atoms with Gasteiger partial charge in [-0.15, -0.1) is 0 Å². The Kier molecular flexibility index (Phi) is 6.25. The molecule has 0 aliphatic carbocycles. The van der Waals surface area contributed by atoms with Gasteiger partial charge in [-0.1, -0.05) is 6.07 Å². The molecule has 2 amide bonds. The first-order valence-corrected chi connectivity index (χ1v) is 10.0. The molecule has 2 heterocycles. The molecule has 8 nitrogen and oxygen atoms in total. The van der Waals surface area contributed by atoms with E-state index in [2.05, 4.69) is 20.9 Å². The molecule has 0 saturated carbocycles. The molecule has 3 aromatic rings. The van der Waals surface area contributed by atoms with Crippen LogP contribution in [-0.4, -0.2) is 23.6 Å². The lowest BCUT2D eigenvalue weighted by Crippen LogP contribution is -2.39. The van der Waals surface area contributed by atoms with Gasteiger partial charge in [-0.3, -0.25) is 0 Å². The van der Waals surface area contributed by atoms with Crippen molar-refractivity contribution in [2.24, 2.45) is 0 Å². The van der Waals surface area contributed by atoms with Crippen LogP contribution in [0.25, 0.3) is 0 Å². The number of nitrogens with one attached hydrogen (secondary N) is 3. The van der Waals surface area contributed by atoms with E-state index < -0.39 is 17.8 Å². The standard InChI is InChI=1S/C22H21F3N4O4/c1-12-3-6-16(28-20(30)27-15-7-4-14(5-8-15)22(23,24)25)9-18(12)29-21-26-11-17(33-21)10-19-31-13(2)32-19/h3-9,11,13,19H,10H2,1-2H3,(H,26,29)(H2,27,28,30). The maximum atomic E-state index is 12.7. The Balaban J connectivity index is 1.36. The number of amides is 2. The number of carbonyl (C=O) groups is 1. The van der Waals surface area contributed by atoms with Crippen molar-refractivity contribution in [1.29, 1.82) is 0 Å². The zero-order valence-electron chi connectivity index (χ0n) is 17.7. The summed E-state index contributed by atoms with van der Waals surface area (Å²) in [6.07, 6.45) is -2.99. The van der Waals surface area contributed by atoms with E-state index in [-0.39, 0.29) is 24.3 Å². The Bertz CT molecular complexity index is 1130. The van der Waals surface area contributed by atoms with Crippen molar-refractivity contribution >= 4 is 29.1 Å². The molecule has 4 rings (SSSR count). The number of oxazole rings is 1. The number of halogens is 3. The van der Waals surface area contributed by atoms with Crippen LogP contribution in [0, 0.1) is 6.92 Å². The molecule has 2 aromatic carbocycles. The van der Waals surface area contributed by atoms with Gasteiger partial charge in [0.05, 0.1) is 18.2 Å². The van der Waals surface area contributed by atoms with Gasteiger partial charge < -0.3 is 29.8 Å². The van der Waals surface area contributed by atoms with Crippen molar-refractivity contribution in [3.8, 4) is 0 Å². The Morgan fingerprint density at radius 2 is 1.73 bits per heavy atom. The van der Waals surface area contributed by atoms with Crippen LogP contribution in [-0.2, 0) is 22.1 Å². The minimum atomic E-state index is -4.44. The van der Waals surface area contributed by atoms with E-state index in [1.54, 1.807) is 31.3 Å². The summed E-state index contributed by atoms with van der Waals surface area (Å²) in [5.41, 5.74) is 1.43. The van der Waals surface area contributed by atoms with Crippen molar-refractivity contribution in [3.05, 3.63) is 65.5 Å². The van der Waals surface area contributed by atoms with Crippen molar-refractivity contribution in [3.63, 3.8) is 0 Å².